The van der Waals surface area contributed by atoms with Gasteiger partial charge in [0.25, 0.3) is 0 Å². The molecule has 0 saturated carbocycles. The highest BCUT2D eigenvalue weighted by molar-refractivity contribution is 5.98. The molecule has 0 bridgehead atoms. The van der Waals surface area contributed by atoms with Crippen molar-refractivity contribution >= 4 is 65.1 Å². The van der Waals surface area contributed by atoms with Gasteiger partial charge in [-0.05, 0) is 94.5 Å². The second kappa shape index (κ2) is 35.0. The highest BCUT2D eigenvalue weighted by Crippen LogP contribution is 2.21. The Hall–Kier alpha value is -6.74. The fraction of sp³-hybridized carbons (Fsp3) is 0.731. The van der Waals surface area contributed by atoms with Gasteiger partial charge < -0.3 is 79.8 Å². The third kappa shape index (κ3) is 23.6. The van der Waals surface area contributed by atoms with Crippen LogP contribution in [0.5, 0.6) is 0 Å². The number of unbranched alkanes of at least 4 members (excludes halogenated alkanes) is 2. The van der Waals surface area contributed by atoms with Gasteiger partial charge in [-0.1, -0.05) is 68.2 Å². The predicted molar refractivity (Wildman–Crippen MR) is 290 cm³/mol. The fourth-order valence-electron chi connectivity index (χ4n) is 8.80. The average molecular weight is 1120 g/mol. The van der Waals surface area contributed by atoms with E-state index in [1.165, 1.54) is 17.4 Å². The Bertz CT molecular complexity index is 2180. The molecule has 0 radical (unpaired) electrons. The second-order valence-electron chi connectivity index (χ2n) is 21.4. The highest BCUT2D eigenvalue weighted by atomic mass is 16.4. The molecule has 10 atom stereocenters. The van der Waals surface area contributed by atoms with Crippen molar-refractivity contribution in [2.45, 2.75) is 193 Å². The van der Waals surface area contributed by atoms with Crippen LogP contribution in [0.1, 0.15) is 138 Å². The summed E-state index contributed by atoms with van der Waals surface area (Å²) in [6.45, 7) is 13.8. The SMILES string of the molecule is CC[C@H](C)[C@H](NC(=O)[C@@H](N)CCCCN)C(=O)N[C@@H](CC(C)C)C(=O)N[C@@H](CCCCN)C(=O)N[C@@H](CCC(=O)O)C(=O)N1CCC[C@H]1C(=O)N[C@H](C(=O)N[C@@H](Cc1cnc[nH]1)C(=O)NCC(=O)N[C@H](C(=O)O)C(C)C)C(C)C. The van der Waals surface area contributed by atoms with Gasteiger partial charge in [0, 0.05) is 31.3 Å². The Balaban J connectivity index is 2.37. The van der Waals surface area contributed by atoms with E-state index in [2.05, 4.69) is 52.5 Å². The first-order chi connectivity index (χ1) is 37.3. The van der Waals surface area contributed by atoms with Crippen molar-refractivity contribution in [2.75, 3.05) is 26.2 Å². The standard InChI is InChI=1S/C52H90N14O13/c1-9-31(8)43(65-44(70)33(55)15-10-12-20-53)50(76)61-36(23-28(2)3)47(73)59-34(16-11-13-21-54)46(72)60-35(18-19-40(68)69)51(77)66-22-14-17-38(66)48(74)64-41(29(4)5)49(75)62-37(24-32-25-56-27-58-32)45(71)57-26-39(67)63-42(30(6)7)52(78)79/h25,27-31,33-38,41-43H,9-24,26,53-55H2,1-8H3,(H,56,58)(H,57,71)(H,59,73)(H,60,72)(H,61,76)(H,62,75)(H,63,67)(H,64,74)(H,65,70)(H,68,69)(H,78,79)/t31-,33-,34-,35-,36-,37-,38-,41-,42-,43-/m0/s1. The highest BCUT2D eigenvalue weighted by Gasteiger charge is 2.41. The zero-order valence-corrected chi connectivity index (χ0v) is 47.2. The van der Waals surface area contributed by atoms with E-state index in [1.807, 2.05) is 20.8 Å². The Morgan fingerprint density at radius 1 is 0.671 bits per heavy atom. The van der Waals surface area contributed by atoms with Crippen molar-refractivity contribution < 1.29 is 63.0 Å². The third-order valence-corrected chi connectivity index (χ3v) is 13.7. The number of carboxylic acid groups (broad SMARTS) is 2. The van der Waals surface area contributed by atoms with E-state index < -0.39 is 151 Å². The number of aromatic nitrogens is 2. The predicted octanol–water partition coefficient (Wildman–Crippen LogP) is -1.61. The second-order valence-corrected chi connectivity index (χ2v) is 21.4. The van der Waals surface area contributed by atoms with Gasteiger partial charge in [-0.25, -0.2) is 9.78 Å². The summed E-state index contributed by atoms with van der Waals surface area (Å²) in [6, 6.07) is -11.0. The van der Waals surface area contributed by atoms with E-state index in [-0.39, 0.29) is 50.6 Å². The summed E-state index contributed by atoms with van der Waals surface area (Å²) < 4.78 is 0. The summed E-state index contributed by atoms with van der Waals surface area (Å²) >= 11 is 0. The van der Waals surface area contributed by atoms with Crippen molar-refractivity contribution in [1.82, 2.24) is 57.4 Å². The summed E-state index contributed by atoms with van der Waals surface area (Å²) in [6.07, 6.45) is 5.18. The number of carboxylic acids is 2. The van der Waals surface area contributed by atoms with Crippen LogP contribution in [-0.4, -0.2) is 171 Å². The molecule has 1 aromatic rings. The van der Waals surface area contributed by atoms with Gasteiger partial charge in [0.05, 0.1) is 18.9 Å². The van der Waals surface area contributed by atoms with Crippen molar-refractivity contribution in [3.63, 3.8) is 0 Å². The molecule has 1 fully saturated rings. The first-order valence-corrected chi connectivity index (χ1v) is 27.5. The number of carbonyl (C=O) groups is 11. The molecular weight excluding hydrogens is 1030 g/mol. The zero-order valence-electron chi connectivity index (χ0n) is 47.2. The number of H-pyrrole nitrogens is 1. The summed E-state index contributed by atoms with van der Waals surface area (Å²) in [5.74, 6) is -10.8. The molecule has 1 aliphatic rings. The number of likely N-dealkylation sites (tertiary alicyclic amines) is 1. The summed E-state index contributed by atoms with van der Waals surface area (Å²) in [5, 5.41) is 40.2. The lowest BCUT2D eigenvalue weighted by molar-refractivity contribution is -0.144. The molecule has 0 spiro atoms. The van der Waals surface area contributed by atoms with Crippen LogP contribution in [0.15, 0.2) is 12.5 Å². The number of amides is 9. The minimum atomic E-state index is -1.51. The molecule has 2 rings (SSSR count). The number of nitrogens with zero attached hydrogens (tertiary/aromatic N) is 2. The van der Waals surface area contributed by atoms with Gasteiger partial charge >= 0.3 is 11.9 Å². The van der Waals surface area contributed by atoms with Gasteiger partial charge in [0.15, 0.2) is 0 Å². The van der Waals surface area contributed by atoms with Gasteiger partial charge in [-0.3, -0.25) is 47.9 Å². The Morgan fingerprint density at radius 2 is 1.25 bits per heavy atom. The van der Waals surface area contributed by atoms with Crippen LogP contribution in [0.4, 0.5) is 0 Å². The lowest BCUT2D eigenvalue weighted by Crippen LogP contribution is -2.61. The van der Waals surface area contributed by atoms with Gasteiger partial charge in [-0.2, -0.15) is 0 Å². The summed E-state index contributed by atoms with van der Waals surface area (Å²) in [5.41, 5.74) is 17.9. The number of rotatable bonds is 37. The van der Waals surface area contributed by atoms with Crippen molar-refractivity contribution in [3.05, 3.63) is 18.2 Å². The molecule has 79 heavy (non-hydrogen) atoms. The quantitative estimate of drug-likeness (QED) is 0.0333. The number of hydrogen-bond donors (Lipinski definition) is 14. The van der Waals surface area contributed by atoms with E-state index in [9.17, 15) is 63.0 Å². The van der Waals surface area contributed by atoms with E-state index >= 15 is 0 Å². The van der Waals surface area contributed by atoms with Crippen LogP contribution in [0.3, 0.4) is 0 Å². The third-order valence-electron chi connectivity index (χ3n) is 13.7. The Kier molecular flexibility index (Phi) is 30.3. The van der Waals surface area contributed by atoms with Crippen LogP contribution in [0.25, 0.3) is 0 Å². The molecule has 0 aliphatic carbocycles. The van der Waals surface area contributed by atoms with Crippen LogP contribution < -0.4 is 59.7 Å². The number of aliphatic carboxylic acids is 2. The fourth-order valence-corrected chi connectivity index (χ4v) is 8.80. The lowest BCUT2D eigenvalue weighted by atomic mass is 9.96. The van der Waals surface area contributed by atoms with E-state index in [4.69, 9.17) is 17.2 Å². The lowest BCUT2D eigenvalue weighted by Gasteiger charge is -2.32. The van der Waals surface area contributed by atoms with Gasteiger partial charge in [0.1, 0.15) is 48.3 Å². The minimum absolute atomic E-state index is 0.0187. The van der Waals surface area contributed by atoms with Crippen LogP contribution in [-0.2, 0) is 59.2 Å². The maximum Gasteiger partial charge on any atom is 0.326 e. The molecule has 1 aliphatic heterocycles. The molecule has 9 amide bonds. The average Bonchev–Trinajstić information content (AvgIpc) is 4.12. The molecule has 2 heterocycles. The number of hydrogen-bond acceptors (Lipinski definition) is 15. The number of carbonyl (C=O) groups excluding carboxylic acids is 9. The number of nitrogens with one attached hydrogen (secondary N) is 9. The molecule has 1 aromatic heterocycles. The minimum Gasteiger partial charge on any atom is -0.481 e. The molecule has 446 valence electrons. The van der Waals surface area contributed by atoms with Gasteiger partial charge in [-0.15, -0.1) is 0 Å². The van der Waals surface area contributed by atoms with Crippen molar-refractivity contribution in [3.8, 4) is 0 Å². The van der Waals surface area contributed by atoms with E-state index in [0.717, 1.165) is 0 Å². The summed E-state index contributed by atoms with van der Waals surface area (Å²) in [4.78, 5) is 156. The maximum absolute atomic E-state index is 14.5. The molecule has 27 nitrogen and oxygen atoms in total. The van der Waals surface area contributed by atoms with Crippen LogP contribution in [0, 0.1) is 23.7 Å². The Morgan fingerprint density at radius 3 is 1.81 bits per heavy atom. The largest absolute Gasteiger partial charge is 0.481 e. The van der Waals surface area contributed by atoms with Crippen molar-refractivity contribution in [1.29, 1.82) is 0 Å². The molecule has 0 aromatic carbocycles. The smallest absolute Gasteiger partial charge is 0.326 e. The van der Waals surface area contributed by atoms with E-state index in [1.54, 1.807) is 34.6 Å². The topological polar surface area (TPSA) is 434 Å². The summed E-state index contributed by atoms with van der Waals surface area (Å²) in [7, 11) is 0. The van der Waals surface area contributed by atoms with Crippen LogP contribution in [0.2, 0.25) is 0 Å². The maximum atomic E-state index is 14.5. The Labute approximate surface area is 462 Å². The number of aromatic amines is 1. The first-order valence-electron chi connectivity index (χ1n) is 27.5. The normalized spacial score (nSPS) is 16.7. The molecule has 1 saturated heterocycles. The molecular formula is C52H90N14O13. The monoisotopic (exact) mass is 1120 g/mol. The number of imidazole rings is 1. The van der Waals surface area contributed by atoms with E-state index in [0.29, 0.717) is 57.2 Å². The molecule has 27 heteroatoms. The van der Waals surface area contributed by atoms with Crippen molar-refractivity contribution in [2.24, 2.45) is 40.9 Å². The number of nitrogens with two attached hydrogens (primary N) is 3. The van der Waals surface area contributed by atoms with Gasteiger partial charge in [0.2, 0.25) is 53.2 Å². The zero-order chi connectivity index (χ0) is 59.5. The molecule has 0 unspecified atom stereocenters. The first kappa shape index (κ1) is 68.4. The molecule has 17 N–H and O–H groups in total. The van der Waals surface area contributed by atoms with Crippen LogP contribution >= 0.6 is 0 Å².